The molecule has 42 heavy (non-hydrogen) atoms. The smallest absolute Gasteiger partial charge is 0.105 e. The quantitative estimate of drug-likeness (QED) is 0.160. The van der Waals surface area contributed by atoms with E-state index in [2.05, 4.69) is 156 Å². The average molecular weight is 560 g/mol. The van der Waals surface area contributed by atoms with Gasteiger partial charge in [-0.25, -0.2) is 0 Å². The highest BCUT2D eigenvalue weighted by Crippen LogP contribution is 2.43. The maximum atomic E-state index is 7.37. The highest BCUT2D eigenvalue weighted by molar-refractivity contribution is 5.39. The molecule has 0 fully saturated rings. The second-order valence-electron chi connectivity index (χ2n) is 13.6. The van der Waals surface area contributed by atoms with E-state index in [-0.39, 0.29) is 17.7 Å². The first-order valence-corrected chi connectivity index (χ1v) is 15.9. The van der Waals surface area contributed by atoms with Gasteiger partial charge in [0.1, 0.15) is 6.10 Å². The Bertz CT molecular complexity index is 1390. The summed E-state index contributed by atoms with van der Waals surface area (Å²) >= 11 is 0. The van der Waals surface area contributed by atoms with Crippen molar-refractivity contribution in [2.75, 3.05) is 0 Å². The van der Waals surface area contributed by atoms with Gasteiger partial charge in [0.15, 0.2) is 0 Å². The summed E-state index contributed by atoms with van der Waals surface area (Å²) in [4.78, 5) is 7.37. The minimum absolute atomic E-state index is 0.0618. The van der Waals surface area contributed by atoms with E-state index in [1.165, 1.54) is 46.2 Å². The summed E-state index contributed by atoms with van der Waals surface area (Å²) in [6, 6.07) is 40.2. The lowest BCUT2D eigenvalue weighted by Gasteiger charge is -2.45. The van der Waals surface area contributed by atoms with Gasteiger partial charge in [0.05, 0.1) is 6.04 Å². The second-order valence-corrected chi connectivity index (χ2v) is 13.6. The molecule has 0 spiro atoms. The lowest BCUT2D eigenvalue weighted by atomic mass is 9.80. The van der Waals surface area contributed by atoms with E-state index in [1.54, 1.807) is 0 Å². The van der Waals surface area contributed by atoms with Gasteiger partial charge in [-0.1, -0.05) is 130 Å². The summed E-state index contributed by atoms with van der Waals surface area (Å²) in [7, 11) is 0. The number of nitrogens with zero attached hydrogens (tertiary/aromatic N) is 1. The zero-order valence-electron chi connectivity index (χ0n) is 26.5. The van der Waals surface area contributed by atoms with Gasteiger partial charge in [-0.3, -0.25) is 4.84 Å². The van der Waals surface area contributed by atoms with Crippen LogP contribution >= 0.6 is 0 Å². The van der Waals surface area contributed by atoms with Crippen molar-refractivity contribution < 1.29 is 4.84 Å². The van der Waals surface area contributed by atoms with Gasteiger partial charge in [-0.05, 0) is 97.6 Å². The third kappa shape index (κ3) is 7.22. The minimum Gasteiger partial charge on any atom is -0.290 e. The standard InChI is InChI=1S/C40H49NO/c1-29(2)39(34-20-14-9-15-21-34)41(40(4,5)6)42-38(36-25-23-33-22-24-35(33)27-36)28-37(32-18-12-8-13-19-32)26-30(3)31-16-10-7-11-17-31/h7-21,23,25,27,29-30,37-39H,22,24,26,28H2,1-6H3. The SMILES string of the molecule is CC(CC(CC(ON(C(c1ccccc1)C(C)C)C(C)(C)C)c1ccc2c(c1)CC2)c1ccccc1)c1ccccc1. The van der Waals surface area contributed by atoms with Crippen molar-refractivity contribution in [3.63, 3.8) is 0 Å². The van der Waals surface area contributed by atoms with Crippen LogP contribution in [0, 0.1) is 5.92 Å². The number of hydrogen-bond acceptors (Lipinski definition) is 2. The molecule has 4 aromatic carbocycles. The first-order chi connectivity index (χ1) is 20.2. The fraction of sp³-hybridized carbons (Fsp3) is 0.400. The topological polar surface area (TPSA) is 12.5 Å². The summed E-state index contributed by atoms with van der Waals surface area (Å²) < 4.78 is 0. The van der Waals surface area contributed by atoms with Crippen LogP contribution in [0.15, 0.2) is 109 Å². The molecule has 0 saturated heterocycles. The van der Waals surface area contributed by atoms with Crippen LogP contribution in [0.2, 0.25) is 0 Å². The van der Waals surface area contributed by atoms with Crippen molar-refractivity contribution in [1.82, 2.24) is 5.06 Å². The molecule has 0 heterocycles. The van der Waals surface area contributed by atoms with E-state index in [4.69, 9.17) is 4.84 Å². The normalized spacial score (nSPS) is 16.0. The monoisotopic (exact) mass is 559 g/mol. The largest absolute Gasteiger partial charge is 0.290 e. The number of benzene rings is 4. The molecule has 0 aromatic heterocycles. The van der Waals surface area contributed by atoms with Gasteiger partial charge >= 0.3 is 0 Å². The molecule has 0 aliphatic heterocycles. The van der Waals surface area contributed by atoms with Gasteiger partial charge in [0.25, 0.3) is 0 Å². The summed E-state index contributed by atoms with van der Waals surface area (Å²) in [5.41, 5.74) is 8.18. The summed E-state index contributed by atoms with van der Waals surface area (Å²) in [6.45, 7) is 13.9. The molecule has 0 saturated carbocycles. The number of aryl methyl sites for hydroxylation is 2. The van der Waals surface area contributed by atoms with Gasteiger partial charge in [0, 0.05) is 5.54 Å². The molecule has 4 aromatic rings. The maximum absolute atomic E-state index is 7.37. The Hall–Kier alpha value is -3.20. The predicted molar refractivity (Wildman–Crippen MR) is 177 cm³/mol. The molecule has 220 valence electrons. The zero-order valence-corrected chi connectivity index (χ0v) is 26.5. The van der Waals surface area contributed by atoms with Gasteiger partial charge < -0.3 is 0 Å². The first-order valence-electron chi connectivity index (χ1n) is 15.9. The van der Waals surface area contributed by atoms with E-state index in [0.717, 1.165) is 12.8 Å². The Kier molecular flexibility index (Phi) is 9.66. The minimum atomic E-state index is -0.192. The number of fused-ring (bicyclic) bond motifs is 1. The van der Waals surface area contributed by atoms with Gasteiger partial charge in [-0.15, -0.1) is 0 Å². The molecule has 0 amide bonds. The van der Waals surface area contributed by atoms with Crippen LogP contribution in [0.3, 0.4) is 0 Å². The van der Waals surface area contributed by atoms with Crippen molar-refractivity contribution in [1.29, 1.82) is 0 Å². The molecule has 5 rings (SSSR count). The highest BCUT2D eigenvalue weighted by atomic mass is 16.7. The van der Waals surface area contributed by atoms with E-state index in [0.29, 0.717) is 17.8 Å². The Balaban J connectivity index is 1.53. The fourth-order valence-corrected chi connectivity index (χ4v) is 6.57. The average Bonchev–Trinajstić information content (AvgIpc) is 2.97. The van der Waals surface area contributed by atoms with E-state index in [9.17, 15) is 0 Å². The lowest BCUT2D eigenvalue weighted by molar-refractivity contribution is -0.278. The van der Waals surface area contributed by atoms with Crippen molar-refractivity contribution in [3.05, 3.63) is 143 Å². The molecular formula is C40H49NO. The Morgan fingerprint density at radius 3 is 1.67 bits per heavy atom. The Labute approximate surface area is 254 Å². The van der Waals surface area contributed by atoms with Crippen LogP contribution < -0.4 is 0 Å². The van der Waals surface area contributed by atoms with E-state index in [1.807, 2.05) is 0 Å². The molecule has 0 bridgehead atoms. The molecule has 0 radical (unpaired) electrons. The number of hydrogen-bond donors (Lipinski definition) is 0. The van der Waals surface area contributed by atoms with Crippen LogP contribution in [-0.4, -0.2) is 10.6 Å². The molecule has 4 unspecified atom stereocenters. The number of hydroxylamine groups is 2. The zero-order chi connectivity index (χ0) is 29.7. The third-order valence-electron chi connectivity index (χ3n) is 8.97. The Morgan fingerprint density at radius 2 is 1.17 bits per heavy atom. The van der Waals surface area contributed by atoms with Gasteiger partial charge in [-0.2, -0.15) is 5.06 Å². The molecule has 4 atom stereocenters. The summed E-state index contributed by atoms with van der Waals surface area (Å²) in [6.07, 6.45) is 4.30. The van der Waals surface area contributed by atoms with Crippen LogP contribution in [-0.2, 0) is 17.7 Å². The summed E-state index contributed by atoms with van der Waals surface area (Å²) in [5, 5.41) is 2.32. The molecule has 1 aliphatic rings. The molecule has 1 aliphatic carbocycles. The Morgan fingerprint density at radius 1 is 0.619 bits per heavy atom. The third-order valence-corrected chi connectivity index (χ3v) is 8.97. The molecule has 2 heteroatoms. The first kappa shape index (κ1) is 30.3. The van der Waals surface area contributed by atoms with Crippen LogP contribution in [0.1, 0.15) is 112 Å². The second kappa shape index (κ2) is 13.4. The lowest BCUT2D eigenvalue weighted by Crippen LogP contribution is -2.46. The fourth-order valence-electron chi connectivity index (χ4n) is 6.57. The highest BCUT2D eigenvalue weighted by Gasteiger charge is 2.37. The van der Waals surface area contributed by atoms with Crippen LogP contribution in [0.5, 0.6) is 0 Å². The number of rotatable bonds is 12. The molecular weight excluding hydrogens is 510 g/mol. The van der Waals surface area contributed by atoms with Crippen LogP contribution in [0.4, 0.5) is 0 Å². The van der Waals surface area contributed by atoms with Crippen LogP contribution in [0.25, 0.3) is 0 Å². The van der Waals surface area contributed by atoms with Crippen molar-refractivity contribution >= 4 is 0 Å². The van der Waals surface area contributed by atoms with Gasteiger partial charge in [0.2, 0.25) is 0 Å². The molecule has 2 nitrogen and oxygen atoms in total. The predicted octanol–water partition coefficient (Wildman–Crippen LogP) is 10.6. The van der Waals surface area contributed by atoms with E-state index >= 15 is 0 Å². The van der Waals surface area contributed by atoms with Crippen molar-refractivity contribution in [3.8, 4) is 0 Å². The maximum Gasteiger partial charge on any atom is 0.105 e. The van der Waals surface area contributed by atoms with Crippen molar-refractivity contribution in [2.24, 2.45) is 5.92 Å². The van der Waals surface area contributed by atoms with Crippen molar-refractivity contribution in [2.45, 2.75) is 96.7 Å². The summed E-state index contributed by atoms with van der Waals surface area (Å²) in [5.74, 6) is 1.18. The molecule has 0 N–H and O–H groups in total. The van der Waals surface area contributed by atoms with E-state index < -0.39 is 0 Å².